The van der Waals surface area contributed by atoms with Crippen LogP contribution >= 0.6 is 11.6 Å². The summed E-state index contributed by atoms with van der Waals surface area (Å²) in [6, 6.07) is 15.6. The van der Waals surface area contributed by atoms with E-state index >= 15 is 0 Å². The van der Waals surface area contributed by atoms with Gasteiger partial charge in [0.2, 0.25) is 10.0 Å². The molecule has 3 N–H and O–H groups in total. The number of benzene rings is 3. The van der Waals surface area contributed by atoms with Gasteiger partial charge in [0.05, 0.1) is 12.7 Å². The molecule has 0 spiro atoms. The molecule has 11 heteroatoms. The Kier molecular flexibility index (Phi) is 7.64. The Balaban J connectivity index is 1.75. The van der Waals surface area contributed by atoms with Crippen molar-refractivity contribution in [3.05, 3.63) is 94.3 Å². The Labute approximate surface area is 194 Å². The van der Waals surface area contributed by atoms with Crippen LogP contribution in [0.1, 0.15) is 26.3 Å². The number of sulfonamides is 1. The monoisotopic (exact) mass is 491 g/mol. The van der Waals surface area contributed by atoms with Crippen molar-refractivity contribution >= 4 is 33.4 Å². The summed E-state index contributed by atoms with van der Waals surface area (Å²) in [6.45, 7) is -0.0161. The first-order chi connectivity index (χ1) is 15.7. The summed E-state index contributed by atoms with van der Waals surface area (Å²) in [5.74, 6) is -2.41. The second kappa shape index (κ2) is 10.4. The topological polar surface area (TPSA) is 114 Å². The number of hydrogen-bond acceptors (Lipinski definition) is 5. The lowest BCUT2D eigenvalue weighted by Gasteiger charge is -2.13. The zero-order chi connectivity index (χ0) is 24.0. The Bertz CT molecular complexity index is 1280. The summed E-state index contributed by atoms with van der Waals surface area (Å²) in [5, 5.41) is 0.518. The number of amides is 2. The van der Waals surface area contributed by atoms with Gasteiger partial charge >= 0.3 is 0 Å². The molecule has 0 radical (unpaired) electrons. The van der Waals surface area contributed by atoms with Crippen LogP contribution in [0.2, 0.25) is 5.02 Å². The molecule has 0 aliphatic rings. The van der Waals surface area contributed by atoms with E-state index in [1.54, 1.807) is 24.3 Å². The fourth-order valence-electron chi connectivity index (χ4n) is 2.78. The summed E-state index contributed by atoms with van der Waals surface area (Å²) < 4.78 is 47.0. The van der Waals surface area contributed by atoms with Gasteiger partial charge in [-0.15, -0.1) is 0 Å². The van der Waals surface area contributed by atoms with E-state index < -0.39 is 27.7 Å². The normalized spacial score (nSPS) is 11.0. The fraction of sp³-hybridized carbons (Fsp3) is 0.0909. The molecule has 172 valence electrons. The molecule has 0 atom stereocenters. The van der Waals surface area contributed by atoms with E-state index in [0.29, 0.717) is 10.6 Å². The van der Waals surface area contributed by atoms with E-state index in [0.717, 1.165) is 12.1 Å². The van der Waals surface area contributed by atoms with Crippen molar-refractivity contribution in [3.63, 3.8) is 0 Å². The maximum absolute atomic E-state index is 13.7. The van der Waals surface area contributed by atoms with Crippen LogP contribution in [0.4, 0.5) is 4.39 Å². The molecule has 0 aliphatic heterocycles. The maximum Gasteiger partial charge on any atom is 0.272 e. The number of carbonyl (C=O) groups excluding carboxylic acids is 2. The van der Waals surface area contributed by atoms with E-state index in [9.17, 15) is 22.4 Å². The molecule has 0 fully saturated rings. The average molecular weight is 492 g/mol. The van der Waals surface area contributed by atoms with Crippen molar-refractivity contribution in [2.75, 3.05) is 7.11 Å². The number of rotatable bonds is 7. The fourth-order valence-corrected chi connectivity index (χ4v) is 4.12. The summed E-state index contributed by atoms with van der Waals surface area (Å²) >= 11 is 5.83. The third kappa shape index (κ3) is 6.07. The van der Waals surface area contributed by atoms with Crippen molar-refractivity contribution < 1.29 is 27.1 Å². The molecule has 0 saturated heterocycles. The van der Waals surface area contributed by atoms with Gasteiger partial charge < -0.3 is 4.74 Å². The van der Waals surface area contributed by atoms with Crippen LogP contribution in [0, 0.1) is 5.82 Å². The number of halogens is 2. The van der Waals surface area contributed by atoms with Crippen LogP contribution in [0.15, 0.2) is 71.6 Å². The third-order valence-electron chi connectivity index (χ3n) is 4.50. The van der Waals surface area contributed by atoms with Gasteiger partial charge in [-0.3, -0.25) is 20.4 Å². The molecule has 0 aliphatic carbocycles. The highest BCUT2D eigenvalue weighted by Gasteiger charge is 2.22. The molecule has 2 amide bonds. The highest BCUT2D eigenvalue weighted by molar-refractivity contribution is 7.89. The number of ether oxygens (including phenoxy) is 1. The first-order valence-corrected chi connectivity index (χ1v) is 11.3. The SMILES string of the molecule is COc1ccc(C(=O)NNC(=O)c2ccccc2F)cc1S(=O)(=O)NCc1ccc(Cl)cc1. The molecule has 0 saturated carbocycles. The number of hydrogen-bond donors (Lipinski definition) is 3. The highest BCUT2D eigenvalue weighted by Crippen LogP contribution is 2.25. The quantitative estimate of drug-likeness (QED) is 0.440. The summed E-state index contributed by atoms with van der Waals surface area (Å²) in [7, 11) is -2.78. The Morgan fingerprint density at radius 2 is 1.64 bits per heavy atom. The third-order valence-corrected chi connectivity index (χ3v) is 6.18. The van der Waals surface area contributed by atoms with E-state index in [2.05, 4.69) is 15.6 Å². The van der Waals surface area contributed by atoms with Crippen LogP contribution in [0.3, 0.4) is 0 Å². The molecule has 3 rings (SSSR count). The van der Waals surface area contributed by atoms with Gasteiger partial charge in [0, 0.05) is 17.1 Å². The smallest absolute Gasteiger partial charge is 0.272 e. The second-order valence-corrected chi connectivity index (χ2v) is 8.88. The first-order valence-electron chi connectivity index (χ1n) is 9.48. The van der Waals surface area contributed by atoms with Crippen molar-refractivity contribution in [1.29, 1.82) is 0 Å². The van der Waals surface area contributed by atoms with Crippen molar-refractivity contribution in [1.82, 2.24) is 15.6 Å². The van der Waals surface area contributed by atoms with E-state index in [4.69, 9.17) is 16.3 Å². The Morgan fingerprint density at radius 1 is 0.970 bits per heavy atom. The van der Waals surface area contributed by atoms with E-state index in [-0.39, 0.29) is 28.3 Å². The largest absolute Gasteiger partial charge is 0.495 e. The van der Waals surface area contributed by atoms with Gasteiger partial charge in [-0.1, -0.05) is 35.9 Å². The molecule has 33 heavy (non-hydrogen) atoms. The van der Waals surface area contributed by atoms with Gasteiger partial charge in [0.15, 0.2) is 0 Å². The van der Waals surface area contributed by atoms with Gasteiger partial charge in [-0.25, -0.2) is 17.5 Å². The minimum atomic E-state index is -4.07. The van der Waals surface area contributed by atoms with Crippen LogP contribution in [-0.2, 0) is 16.6 Å². The standard InChI is InChI=1S/C22H19ClFN3O5S/c1-32-19-11-8-15(21(28)26-27-22(29)17-4-2-3-5-18(17)24)12-20(19)33(30,31)25-13-14-6-9-16(23)10-7-14/h2-12,25H,13H2,1H3,(H,26,28)(H,27,29). The summed E-state index contributed by atoms with van der Waals surface area (Å²) in [5.41, 5.74) is 4.56. The lowest BCUT2D eigenvalue weighted by molar-refractivity contribution is 0.0844. The predicted molar refractivity (Wildman–Crippen MR) is 120 cm³/mol. The molecule has 3 aromatic carbocycles. The predicted octanol–water partition coefficient (Wildman–Crippen LogP) is 3.04. The zero-order valence-corrected chi connectivity index (χ0v) is 18.8. The number of carbonyl (C=O) groups is 2. The zero-order valence-electron chi connectivity index (χ0n) is 17.3. The summed E-state index contributed by atoms with van der Waals surface area (Å²) in [4.78, 5) is 24.3. The Hall–Kier alpha value is -3.47. The number of methoxy groups -OCH3 is 1. The van der Waals surface area contributed by atoms with Gasteiger partial charge in [0.1, 0.15) is 16.5 Å². The molecule has 0 heterocycles. The number of hydrazine groups is 1. The highest BCUT2D eigenvalue weighted by atomic mass is 35.5. The van der Waals surface area contributed by atoms with Crippen LogP contribution in [0.25, 0.3) is 0 Å². The van der Waals surface area contributed by atoms with Crippen LogP contribution < -0.4 is 20.3 Å². The van der Waals surface area contributed by atoms with Crippen LogP contribution in [-0.4, -0.2) is 27.3 Å². The molecular formula is C22H19ClFN3O5S. The Morgan fingerprint density at radius 3 is 2.30 bits per heavy atom. The van der Waals surface area contributed by atoms with Gasteiger partial charge in [-0.05, 0) is 48.0 Å². The molecule has 0 bridgehead atoms. The lowest BCUT2D eigenvalue weighted by Crippen LogP contribution is -2.42. The molecule has 3 aromatic rings. The van der Waals surface area contributed by atoms with Gasteiger partial charge in [-0.2, -0.15) is 0 Å². The molecule has 8 nitrogen and oxygen atoms in total. The van der Waals surface area contributed by atoms with E-state index in [1.165, 1.54) is 37.4 Å². The lowest BCUT2D eigenvalue weighted by atomic mass is 10.2. The molecular weight excluding hydrogens is 473 g/mol. The van der Waals surface area contributed by atoms with Crippen molar-refractivity contribution in [3.8, 4) is 5.75 Å². The van der Waals surface area contributed by atoms with Gasteiger partial charge in [0.25, 0.3) is 11.8 Å². The first kappa shape index (κ1) is 24.2. The second-order valence-electron chi connectivity index (χ2n) is 6.70. The average Bonchev–Trinajstić information content (AvgIpc) is 2.82. The molecule has 0 unspecified atom stereocenters. The van der Waals surface area contributed by atoms with Crippen molar-refractivity contribution in [2.45, 2.75) is 11.4 Å². The maximum atomic E-state index is 13.7. The number of nitrogens with one attached hydrogen (secondary N) is 3. The van der Waals surface area contributed by atoms with Crippen LogP contribution in [0.5, 0.6) is 5.75 Å². The minimum Gasteiger partial charge on any atom is -0.495 e. The molecule has 0 aromatic heterocycles. The van der Waals surface area contributed by atoms with Crippen molar-refractivity contribution in [2.24, 2.45) is 0 Å². The summed E-state index contributed by atoms with van der Waals surface area (Å²) in [6.07, 6.45) is 0. The minimum absolute atomic E-state index is 0.0161. The van der Waals surface area contributed by atoms with E-state index in [1.807, 2.05) is 0 Å².